The van der Waals surface area contributed by atoms with Crippen LogP contribution in [0.1, 0.15) is 19.8 Å². The van der Waals surface area contributed by atoms with E-state index < -0.39 is 0 Å². The maximum Gasteiger partial charge on any atom is 0.325 e. The van der Waals surface area contributed by atoms with Gasteiger partial charge in [0, 0.05) is 25.5 Å². The van der Waals surface area contributed by atoms with E-state index in [2.05, 4.69) is 9.97 Å². The van der Waals surface area contributed by atoms with Crippen LogP contribution < -0.4 is 4.90 Å². The van der Waals surface area contributed by atoms with Gasteiger partial charge < -0.3 is 14.5 Å². The zero-order chi connectivity index (χ0) is 15.2. The summed E-state index contributed by atoms with van der Waals surface area (Å²) in [5.41, 5.74) is 0. The Hall–Kier alpha value is -2.18. The van der Waals surface area contributed by atoms with E-state index in [9.17, 15) is 9.59 Å². The summed E-state index contributed by atoms with van der Waals surface area (Å²) in [5.74, 6) is 0.00889. The lowest BCUT2D eigenvalue weighted by Gasteiger charge is -2.24. The number of anilines is 1. The lowest BCUT2D eigenvalue weighted by atomic mass is 10.4. The second kappa shape index (κ2) is 7.01. The molecule has 1 aromatic rings. The summed E-state index contributed by atoms with van der Waals surface area (Å²) in [6.45, 7) is 2.23. The molecule has 0 bridgehead atoms. The van der Waals surface area contributed by atoms with Gasteiger partial charge in [-0.2, -0.15) is 0 Å². The van der Waals surface area contributed by atoms with E-state index in [1.807, 2.05) is 0 Å². The first kappa shape index (κ1) is 15.2. The highest BCUT2D eigenvalue weighted by Crippen LogP contribution is 2.27. The molecule has 1 aliphatic rings. The normalized spacial score (nSPS) is 13.6. The SMILES string of the molecule is CCOC(=O)CN(C(=O)CN(C)c1ncccn1)C1CC1. The van der Waals surface area contributed by atoms with Gasteiger partial charge in [0.15, 0.2) is 0 Å². The van der Waals surface area contributed by atoms with Crippen LogP contribution in [0, 0.1) is 0 Å². The number of amides is 1. The van der Waals surface area contributed by atoms with Crippen LogP contribution in [-0.4, -0.2) is 59.5 Å². The minimum atomic E-state index is -0.364. The fourth-order valence-corrected chi connectivity index (χ4v) is 2.01. The molecule has 114 valence electrons. The molecule has 7 heteroatoms. The number of esters is 1. The molecule has 21 heavy (non-hydrogen) atoms. The van der Waals surface area contributed by atoms with Crippen LogP contribution in [0.5, 0.6) is 0 Å². The predicted octanol–water partition coefficient (Wildman–Crippen LogP) is 0.467. The minimum Gasteiger partial charge on any atom is -0.465 e. The standard InChI is InChI=1S/C14H20N4O3/c1-3-21-13(20)10-18(11-5-6-11)12(19)9-17(2)14-15-7-4-8-16-14/h4,7-8,11H,3,5-6,9-10H2,1-2H3. The number of likely N-dealkylation sites (N-methyl/N-ethyl adjacent to an activating group) is 1. The van der Waals surface area contributed by atoms with Crippen LogP contribution in [0.3, 0.4) is 0 Å². The van der Waals surface area contributed by atoms with Crippen molar-refractivity contribution in [2.24, 2.45) is 0 Å². The third kappa shape index (κ3) is 4.40. The summed E-state index contributed by atoms with van der Waals surface area (Å²) < 4.78 is 4.92. The third-order valence-corrected chi connectivity index (χ3v) is 3.18. The van der Waals surface area contributed by atoms with Crippen molar-refractivity contribution in [2.75, 3.05) is 31.6 Å². The molecular formula is C14H20N4O3. The van der Waals surface area contributed by atoms with E-state index in [-0.39, 0.29) is 31.0 Å². The monoisotopic (exact) mass is 292 g/mol. The number of hydrogen-bond donors (Lipinski definition) is 0. The summed E-state index contributed by atoms with van der Waals surface area (Å²) in [5, 5.41) is 0. The van der Waals surface area contributed by atoms with Crippen LogP contribution in [0.4, 0.5) is 5.95 Å². The molecule has 2 rings (SSSR count). The predicted molar refractivity (Wildman–Crippen MR) is 76.7 cm³/mol. The molecule has 0 unspecified atom stereocenters. The highest BCUT2D eigenvalue weighted by molar-refractivity contribution is 5.85. The van der Waals surface area contributed by atoms with E-state index in [0.717, 1.165) is 12.8 Å². The van der Waals surface area contributed by atoms with Gasteiger partial charge in [-0.1, -0.05) is 0 Å². The fourth-order valence-electron chi connectivity index (χ4n) is 2.01. The van der Waals surface area contributed by atoms with Gasteiger partial charge in [-0.3, -0.25) is 9.59 Å². The van der Waals surface area contributed by atoms with E-state index in [0.29, 0.717) is 12.6 Å². The molecule has 0 spiro atoms. The molecule has 1 heterocycles. The largest absolute Gasteiger partial charge is 0.465 e. The Labute approximate surface area is 123 Å². The lowest BCUT2D eigenvalue weighted by Crippen LogP contribution is -2.43. The molecule has 1 aliphatic carbocycles. The van der Waals surface area contributed by atoms with E-state index >= 15 is 0 Å². The van der Waals surface area contributed by atoms with E-state index in [1.165, 1.54) is 0 Å². The van der Waals surface area contributed by atoms with Gasteiger partial charge in [0.2, 0.25) is 11.9 Å². The summed E-state index contributed by atoms with van der Waals surface area (Å²) in [6, 6.07) is 1.88. The summed E-state index contributed by atoms with van der Waals surface area (Å²) in [4.78, 5) is 35.4. The van der Waals surface area contributed by atoms with Gasteiger partial charge in [0.1, 0.15) is 6.54 Å². The Morgan fingerprint density at radius 1 is 1.29 bits per heavy atom. The number of ether oxygens (including phenoxy) is 1. The average molecular weight is 292 g/mol. The van der Waals surface area contributed by atoms with Crippen molar-refractivity contribution in [3.63, 3.8) is 0 Å². The highest BCUT2D eigenvalue weighted by atomic mass is 16.5. The molecule has 1 aromatic heterocycles. The molecule has 1 saturated carbocycles. The van der Waals surface area contributed by atoms with Crippen molar-refractivity contribution in [2.45, 2.75) is 25.8 Å². The van der Waals surface area contributed by atoms with Gasteiger partial charge >= 0.3 is 5.97 Å². The molecule has 7 nitrogen and oxygen atoms in total. The van der Waals surface area contributed by atoms with Gasteiger partial charge in [-0.05, 0) is 25.8 Å². The molecule has 0 aromatic carbocycles. The first-order valence-corrected chi connectivity index (χ1v) is 7.05. The van der Waals surface area contributed by atoms with Gasteiger partial charge in [0.25, 0.3) is 0 Å². The second-order valence-electron chi connectivity index (χ2n) is 4.96. The van der Waals surface area contributed by atoms with Crippen LogP contribution >= 0.6 is 0 Å². The summed E-state index contributed by atoms with van der Waals surface area (Å²) in [7, 11) is 1.75. The lowest BCUT2D eigenvalue weighted by molar-refractivity contribution is -0.148. The summed E-state index contributed by atoms with van der Waals surface area (Å²) in [6.07, 6.45) is 5.13. The Kier molecular flexibility index (Phi) is 5.08. The van der Waals surface area contributed by atoms with Crippen LogP contribution in [0.25, 0.3) is 0 Å². The zero-order valence-electron chi connectivity index (χ0n) is 12.4. The quantitative estimate of drug-likeness (QED) is 0.680. The van der Waals surface area contributed by atoms with Crippen molar-refractivity contribution in [1.29, 1.82) is 0 Å². The first-order chi connectivity index (χ1) is 10.1. The Morgan fingerprint density at radius 2 is 1.95 bits per heavy atom. The Morgan fingerprint density at radius 3 is 2.52 bits per heavy atom. The molecular weight excluding hydrogens is 272 g/mol. The van der Waals surface area contributed by atoms with Gasteiger partial charge in [-0.15, -0.1) is 0 Å². The molecule has 0 aliphatic heterocycles. The number of carbonyl (C=O) groups excluding carboxylic acids is 2. The van der Waals surface area contributed by atoms with Gasteiger partial charge in [-0.25, -0.2) is 9.97 Å². The van der Waals surface area contributed by atoms with Crippen molar-refractivity contribution in [3.05, 3.63) is 18.5 Å². The van der Waals surface area contributed by atoms with E-state index in [4.69, 9.17) is 4.74 Å². The average Bonchev–Trinajstić information content (AvgIpc) is 3.30. The zero-order valence-corrected chi connectivity index (χ0v) is 12.4. The highest BCUT2D eigenvalue weighted by Gasteiger charge is 2.34. The van der Waals surface area contributed by atoms with Crippen molar-refractivity contribution >= 4 is 17.8 Å². The first-order valence-electron chi connectivity index (χ1n) is 7.05. The second-order valence-corrected chi connectivity index (χ2v) is 4.96. The van der Waals surface area contributed by atoms with E-state index in [1.54, 1.807) is 42.2 Å². The molecule has 0 atom stereocenters. The smallest absolute Gasteiger partial charge is 0.325 e. The van der Waals surface area contributed by atoms with Gasteiger partial charge in [0.05, 0.1) is 13.2 Å². The minimum absolute atomic E-state index is 0.0147. The number of hydrogen-bond acceptors (Lipinski definition) is 6. The van der Waals surface area contributed by atoms with Crippen LogP contribution in [0.2, 0.25) is 0 Å². The Balaban J connectivity index is 1.94. The topological polar surface area (TPSA) is 75.6 Å². The molecule has 1 amide bonds. The van der Waals surface area contributed by atoms with Crippen molar-refractivity contribution in [1.82, 2.24) is 14.9 Å². The maximum atomic E-state index is 12.4. The molecule has 0 radical (unpaired) electrons. The third-order valence-electron chi connectivity index (χ3n) is 3.18. The Bertz CT molecular complexity index is 490. The molecule has 0 N–H and O–H groups in total. The van der Waals surface area contributed by atoms with Crippen molar-refractivity contribution < 1.29 is 14.3 Å². The maximum absolute atomic E-state index is 12.4. The number of carbonyl (C=O) groups is 2. The number of nitrogens with zero attached hydrogens (tertiary/aromatic N) is 4. The van der Waals surface area contributed by atoms with Crippen LogP contribution in [-0.2, 0) is 14.3 Å². The number of aromatic nitrogens is 2. The van der Waals surface area contributed by atoms with Crippen molar-refractivity contribution in [3.8, 4) is 0 Å². The molecule has 1 fully saturated rings. The summed E-state index contributed by atoms with van der Waals surface area (Å²) >= 11 is 0. The van der Waals surface area contributed by atoms with Crippen LogP contribution in [0.15, 0.2) is 18.5 Å². The fraction of sp³-hybridized carbons (Fsp3) is 0.571. The molecule has 0 saturated heterocycles. The number of rotatable bonds is 7.